The Hall–Kier alpha value is -1.80. The summed E-state index contributed by atoms with van der Waals surface area (Å²) in [6, 6.07) is 19.2. The van der Waals surface area contributed by atoms with E-state index in [-0.39, 0.29) is 0 Å². The van der Waals surface area contributed by atoms with Crippen LogP contribution in [-0.2, 0) is 13.1 Å². The molecule has 0 aliphatic rings. The van der Waals surface area contributed by atoms with Gasteiger partial charge in [-0.25, -0.2) is 0 Å². The second-order valence-electron chi connectivity index (χ2n) is 3.86. The summed E-state index contributed by atoms with van der Waals surface area (Å²) < 4.78 is 5.12. The van der Waals surface area contributed by atoms with E-state index >= 15 is 0 Å². The van der Waals surface area contributed by atoms with Crippen LogP contribution in [0.4, 0.5) is 0 Å². The molecule has 0 spiro atoms. The summed E-state index contributed by atoms with van der Waals surface area (Å²) >= 11 is 0. The van der Waals surface area contributed by atoms with E-state index in [4.69, 9.17) is 4.74 Å². The van der Waals surface area contributed by atoms with Gasteiger partial charge in [-0.15, -0.1) is 0 Å². The minimum absolute atomic E-state index is 0.860. The summed E-state index contributed by atoms with van der Waals surface area (Å²) in [7, 11) is 1.68. The van der Waals surface area contributed by atoms with Crippen LogP contribution >= 0.6 is 0 Å². The smallest absolute Gasteiger partial charge is 0.118 e. The SMILES string of the molecule is COc1ccc(CNCc2c[c]ccc2)cc1. The fourth-order valence-electron chi connectivity index (χ4n) is 1.64. The van der Waals surface area contributed by atoms with Gasteiger partial charge in [-0.3, -0.25) is 0 Å². The van der Waals surface area contributed by atoms with Crippen molar-refractivity contribution >= 4 is 0 Å². The highest BCUT2D eigenvalue weighted by molar-refractivity contribution is 5.27. The number of ether oxygens (including phenoxy) is 1. The molecule has 0 atom stereocenters. The third-order valence-electron chi connectivity index (χ3n) is 2.59. The topological polar surface area (TPSA) is 21.3 Å². The Morgan fingerprint density at radius 3 is 2.47 bits per heavy atom. The molecule has 0 saturated carbocycles. The summed E-state index contributed by atoms with van der Waals surface area (Å²) in [6.45, 7) is 1.72. The molecule has 0 unspecified atom stereocenters. The van der Waals surface area contributed by atoms with Gasteiger partial charge in [-0.2, -0.15) is 0 Å². The minimum Gasteiger partial charge on any atom is -0.497 e. The Morgan fingerprint density at radius 2 is 1.82 bits per heavy atom. The molecule has 2 heteroatoms. The van der Waals surface area contributed by atoms with Crippen molar-refractivity contribution in [2.75, 3.05) is 7.11 Å². The van der Waals surface area contributed by atoms with Crippen LogP contribution < -0.4 is 10.1 Å². The Kier molecular flexibility index (Phi) is 4.17. The maximum Gasteiger partial charge on any atom is 0.118 e. The van der Waals surface area contributed by atoms with E-state index in [0.717, 1.165) is 18.8 Å². The summed E-state index contributed by atoms with van der Waals surface area (Å²) in [5.74, 6) is 0.895. The Morgan fingerprint density at radius 1 is 1.06 bits per heavy atom. The summed E-state index contributed by atoms with van der Waals surface area (Å²) in [4.78, 5) is 0. The number of rotatable bonds is 5. The van der Waals surface area contributed by atoms with E-state index in [0.29, 0.717) is 0 Å². The van der Waals surface area contributed by atoms with Crippen molar-refractivity contribution in [3.05, 3.63) is 65.7 Å². The minimum atomic E-state index is 0.860. The predicted octanol–water partition coefficient (Wildman–Crippen LogP) is 2.79. The van der Waals surface area contributed by atoms with Crippen molar-refractivity contribution < 1.29 is 4.74 Å². The highest BCUT2D eigenvalue weighted by atomic mass is 16.5. The van der Waals surface area contributed by atoms with Gasteiger partial charge in [0, 0.05) is 13.1 Å². The van der Waals surface area contributed by atoms with Gasteiger partial charge in [0.05, 0.1) is 7.11 Å². The molecule has 1 radical (unpaired) electrons. The largest absolute Gasteiger partial charge is 0.497 e. The lowest BCUT2D eigenvalue weighted by molar-refractivity contribution is 0.414. The molecule has 0 fully saturated rings. The normalized spacial score (nSPS) is 10.2. The van der Waals surface area contributed by atoms with Gasteiger partial charge < -0.3 is 10.1 Å². The van der Waals surface area contributed by atoms with Crippen LogP contribution in [0.5, 0.6) is 5.75 Å². The lowest BCUT2D eigenvalue weighted by Crippen LogP contribution is -2.12. The Balaban J connectivity index is 1.82. The molecule has 0 aromatic heterocycles. The van der Waals surface area contributed by atoms with E-state index in [9.17, 15) is 0 Å². The molecule has 2 aromatic carbocycles. The lowest BCUT2D eigenvalue weighted by Gasteiger charge is -2.06. The van der Waals surface area contributed by atoms with E-state index < -0.39 is 0 Å². The van der Waals surface area contributed by atoms with Crippen molar-refractivity contribution in [3.63, 3.8) is 0 Å². The summed E-state index contributed by atoms with van der Waals surface area (Å²) in [5.41, 5.74) is 2.51. The first kappa shape index (κ1) is 11.7. The van der Waals surface area contributed by atoms with Gasteiger partial charge in [0.2, 0.25) is 0 Å². The Bertz CT molecular complexity index is 436. The van der Waals surface area contributed by atoms with Crippen LogP contribution in [0.2, 0.25) is 0 Å². The molecule has 1 N–H and O–H groups in total. The molecule has 2 nitrogen and oxygen atoms in total. The molecular formula is C15H16NO. The van der Waals surface area contributed by atoms with Crippen molar-refractivity contribution in [1.82, 2.24) is 5.32 Å². The molecule has 0 heterocycles. The van der Waals surface area contributed by atoms with Gasteiger partial charge >= 0.3 is 0 Å². The van der Waals surface area contributed by atoms with E-state index in [2.05, 4.69) is 29.6 Å². The van der Waals surface area contributed by atoms with Crippen LogP contribution in [0.1, 0.15) is 11.1 Å². The fraction of sp³-hybridized carbons (Fsp3) is 0.200. The quantitative estimate of drug-likeness (QED) is 0.846. The molecule has 87 valence electrons. The first-order chi connectivity index (χ1) is 8.38. The number of methoxy groups -OCH3 is 1. The van der Waals surface area contributed by atoms with Crippen LogP contribution in [0.15, 0.2) is 48.5 Å². The van der Waals surface area contributed by atoms with Crippen molar-refractivity contribution in [2.24, 2.45) is 0 Å². The number of hydrogen-bond acceptors (Lipinski definition) is 2. The third-order valence-corrected chi connectivity index (χ3v) is 2.59. The highest BCUT2D eigenvalue weighted by Gasteiger charge is 1.95. The second-order valence-corrected chi connectivity index (χ2v) is 3.86. The first-order valence-corrected chi connectivity index (χ1v) is 5.67. The predicted molar refractivity (Wildman–Crippen MR) is 68.8 cm³/mol. The van der Waals surface area contributed by atoms with Gasteiger partial charge in [0.25, 0.3) is 0 Å². The lowest BCUT2D eigenvalue weighted by atomic mass is 10.2. The molecule has 0 amide bonds. The molecular weight excluding hydrogens is 210 g/mol. The number of benzene rings is 2. The first-order valence-electron chi connectivity index (χ1n) is 5.67. The molecule has 0 bridgehead atoms. The van der Waals surface area contributed by atoms with Gasteiger partial charge in [0.15, 0.2) is 0 Å². The summed E-state index contributed by atoms with van der Waals surface area (Å²) in [6.07, 6.45) is 0. The monoisotopic (exact) mass is 226 g/mol. The zero-order valence-electron chi connectivity index (χ0n) is 9.94. The maximum absolute atomic E-state index is 5.12. The van der Waals surface area contributed by atoms with Crippen molar-refractivity contribution in [2.45, 2.75) is 13.1 Å². The molecule has 2 aromatic rings. The average Bonchev–Trinajstić information content (AvgIpc) is 2.41. The van der Waals surface area contributed by atoms with Gasteiger partial charge in [-0.1, -0.05) is 30.3 Å². The van der Waals surface area contributed by atoms with Crippen LogP contribution in [0.3, 0.4) is 0 Å². The van der Waals surface area contributed by atoms with E-state index in [1.54, 1.807) is 7.11 Å². The maximum atomic E-state index is 5.12. The third kappa shape index (κ3) is 3.61. The average molecular weight is 226 g/mol. The zero-order valence-corrected chi connectivity index (χ0v) is 9.94. The van der Waals surface area contributed by atoms with Crippen molar-refractivity contribution in [3.8, 4) is 5.75 Å². The molecule has 0 aliphatic carbocycles. The molecule has 2 rings (SSSR count). The molecule has 0 saturated heterocycles. The molecule has 17 heavy (non-hydrogen) atoms. The number of hydrogen-bond donors (Lipinski definition) is 1. The summed E-state index contributed by atoms with van der Waals surface area (Å²) in [5, 5.41) is 3.39. The van der Waals surface area contributed by atoms with Crippen LogP contribution in [0.25, 0.3) is 0 Å². The van der Waals surface area contributed by atoms with E-state index in [1.165, 1.54) is 11.1 Å². The number of nitrogens with one attached hydrogen (secondary N) is 1. The Labute approximate surface area is 102 Å². The van der Waals surface area contributed by atoms with Gasteiger partial charge in [-0.05, 0) is 35.4 Å². The van der Waals surface area contributed by atoms with Gasteiger partial charge in [0.1, 0.15) is 5.75 Å². The van der Waals surface area contributed by atoms with Crippen molar-refractivity contribution in [1.29, 1.82) is 0 Å². The highest BCUT2D eigenvalue weighted by Crippen LogP contribution is 2.11. The standard InChI is InChI=1S/C15H16NO/c1-17-15-9-7-14(8-10-15)12-16-11-13-5-3-2-4-6-13/h2-3,5-10,16H,11-12H2,1H3. The fourth-order valence-corrected chi connectivity index (χ4v) is 1.64. The zero-order chi connectivity index (χ0) is 11.9. The second kappa shape index (κ2) is 6.06. The molecule has 0 aliphatic heterocycles. The van der Waals surface area contributed by atoms with Crippen LogP contribution in [0, 0.1) is 6.07 Å². The van der Waals surface area contributed by atoms with E-state index in [1.807, 2.05) is 30.3 Å². The van der Waals surface area contributed by atoms with Crippen LogP contribution in [-0.4, -0.2) is 7.11 Å².